The van der Waals surface area contributed by atoms with Crippen molar-refractivity contribution in [3.8, 4) is 6.07 Å². The number of nitriles is 1. The zero-order chi connectivity index (χ0) is 19.8. The van der Waals surface area contributed by atoms with Crippen molar-refractivity contribution in [2.24, 2.45) is 0 Å². The number of carbonyl (C=O) groups is 2. The van der Waals surface area contributed by atoms with Crippen LogP contribution in [0.4, 0.5) is 13.2 Å². The molecule has 1 atom stereocenters. The second kappa shape index (κ2) is 6.75. The first-order chi connectivity index (χ1) is 12.7. The molecule has 1 aromatic heterocycles. The van der Waals surface area contributed by atoms with Gasteiger partial charge in [0.1, 0.15) is 18.1 Å². The minimum Gasteiger partial charge on any atom is -0.430 e. The van der Waals surface area contributed by atoms with Crippen LogP contribution in [0.1, 0.15) is 16.8 Å². The molecule has 2 amide bonds. The fourth-order valence-electron chi connectivity index (χ4n) is 2.88. The molecule has 0 saturated carbocycles. The molecule has 1 fully saturated rings. The van der Waals surface area contributed by atoms with Crippen LogP contribution in [0.5, 0.6) is 0 Å². The number of halogens is 3. The van der Waals surface area contributed by atoms with Gasteiger partial charge in [-0.25, -0.2) is 18.0 Å². The molecule has 0 spiro atoms. The first-order valence-electron chi connectivity index (χ1n) is 7.78. The van der Waals surface area contributed by atoms with E-state index in [1.54, 1.807) is 6.07 Å². The molecule has 7 nitrogen and oxygen atoms in total. The van der Waals surface area contributed by atoms with E-state index in [4.69, 9.17) is 9.68 Å². The molecule has 1 aliphatic rings. The Balaban J connectivity index is 1.77. The largest absolute Gasteiger partial charge is 0.430 e. The van der Waals surface area contributed by atoms with Gasteiger partial charge in [-0.3, -0.25) is 9.59 Å². The molecule has 3 rings (SSSR count). The third-order valence-corrected chi connectivity index (χ3v) is 4.16. The number of carbonyl (C=O) groups excluding carboxylic acids is 2. The van der Waals surface area contributed by atoms with Gasteiger partial charge in [-0.05, 0) is 18.2 Å². The Kier molecular flexibility index (Phi) is 4.61. The number of alkyl halides is 2. The molecule has 27 heavy (non-hydrogen) atoms. The fourth-order valence-corrected chi connectivity index (χ4v) is 2.88. The number of fused-ring (bicyclic) bond motifs is 1. The zero-order valence-electron chi connectivity index (χ0n) is 13.7. The summed E-state index contributed by atoms with van der Waals surface area (Å²) in [5.74, 6) is -5.58. The lowest BCUT2D eigenvalue weighted by Crippen LogP contribution is -2.43. The highest BCUT2D eigenvalue weighted by atomic mass is 19.3. The van der Waals surface area contributed by atoms with Crippen LogP contribution in [0.2, 0.25) is 0 Å². The molecule has 10 heteroatoms. The van der Waals surface area contributed by atoms with Crippen molar-refractivity contribution in [2.75, 3.05) is 13.1 Å². The van der Waals surface area contributed by atoms with Crippen LogP contribution in [0, 0.1) is 17.1 Å². The highest BCUT2D eigenvalue weighted by Crippen LogP contribution is 2.31. The van der Waals surface area contributed by atoms with Gasteiger partial charge in [0.05, 0.1) is 30.1 Å². The number of hydrogen-bond acceptors (Lipinski definition) is 5. The number of nitrogens with zero attached hydrogens (tertiary/aromatic N) is 2. The summed E-state index contributed by atoms with van der Waals surface area (Å²) in [4.78, 5) is 36.8. The molecule has 0 radical (unpaired) electrons. The highest BCUT2D eigenvalue weighted by Gasteiger charge is 2.47. The van der Waals surface area contributed by atoms with Crippen molar-refractivity contribution in [1.82, 2.24) is 10.2 Å². The van der Waals surface area contributed by atoms with Gasteiger partial charge in [0.25, 0.3) is 11.8 Å². The maximum Gasteiger partial charge on any atom is 0.343 e. The molecule has 0 aliphatic carbocycles. The topological polar surface area (TPSA) is 103 Å². The molecule has 2 aromatic rings. The van der Waals surface area contributed by atoms with E-state index < -0.39 is 54.7 Å². The third-order valence-electron chi connectivity index (χ3n) is 4.16. The SMILES string of the molecule is N#CC1CC(F)(F)CN1C(=O)CNC(=O)c1coc(=O)c2ccc(F)cc12. The van der Waals surface area contributed by atoms with Gasteiger partial charge in [-0.15, -0.1) is 0 Å². The molecule has 1 N–H and O–H groups in total. The summed E-state index contributed by atoms with van der Waals surface area (Å²) >= 11 is 0. The minimum absolute atomic E-state index is 0.0150. The van der Waals surface area contributed by atoms with Crippen molar-refractivity contribution < 1.29 is 27.2 Å². The van der Waals surface area contributed by atoms with Crippen LogP contribution in [0.3, 0.4) is 0 Å². The molecule has 1 saturated heterocycles. The molecule has 1 unspecified atom stereocenters. The van der Waals surface area contributed by atoms with Gasteiger partial charge in [-0.1, -0.05) is 0 Å². The summed E-state index contributed by atoms with van der Waals surface area (Å²) in [6.07, 6.45) is 0.0585. The summed E-state index contributed by atoms with van der Waals surface area (Å²) in [7, 11) is 0. The van der Waals surface area contributed by atoms with Crippen LogP contribution in [-0.2, 0) is 4.79 Å². The number of nitrogens with one attached hydrogen (secondary N) is 1. The molecule has 1 aliphatic heterocycles. The smallest absolute Gasteiger partial charge is 0.343 e. The number of amides is 2. The third kappa shape index (κ3) is 3.62. The Morgan fingerprint density at radius 3 is 2.81 bits per heavy atom. The standard InChI is InChI=1S/C17H12F3N3O4/c18-9-1-2-11-12(3-9)13(7-27-16(11)26)15(25)22-6-14(24)23-8-17(19,20)4-10(23)5-21/h1-3,7,10H,4,6,8H2,(H,22,25). The van der Waals surface area contributed by atoms with Gasteiger partial charge >= 0.3 is 5.63 Å². The van der Waals surface area contributed by atoms with Gasteiger partial charge in [0.2, 0.25) is 5.91 Å². The van der Waals surface area contributed by atoms with E-state index in [1.165, 1.54) is 0 Å². The number of likely N-dealkylation sites (tertiary alicyclic amines) is 1. The first kappa shape index (κ1) is 18.4. The summed E-state index contributed by atoms with van der Waals surface area (Å²) in [6, 6.07) is 3.50. The van der Waals surface area contributed by atoms with E-state index in [0.717, 1.165) is 24.5 Å². The molecular weight excluding hydrogens is 367 g/mol. The van der Waals surface area contributed by atoms with Crippen molar-refractivity contribution in [1.29, 1.82) is 5.26 Å². The van der Waals surface area contributed by atoms with E-state index in [9.17, 15) is 27.6 Å². The van der Waals surface area contributed by atoms with Crippen LogP contribution >= 0.6 is 0 Å². The van der Waals surface area contributed by atoms with Crippen LogP contribution in [0.25, 0.3) is 10.8 Å². The monoisotopic (exact) mass is 379 g/mol. The Hall–Kier alpha value is -3.35. The summed E-state index contributed by atoms with van der Waals surface area (Å²) in [5, 5.41) is 11.1. The molecular formula is C17H12F3N3O4. The predicted octanol–water partition coefficient (Wildman–Crippen LogP) is 1.42. The zero-order valence-corrected chi connectivity index (χ0v) is 13.7. The van der Waals surface area contributed by atoms with Crippen LogP contribution < -0.4 is 10.9 Å². The number of hydrogen-bond donors (Lipinski definition) is 1. The lowest BCUT2D eigenvalue weighted by molar-refractivity contribution is -0.131. The van der Waals surface area contributed by atoms with Gasteiger partial charge in [-0.2, -0.15) is 5.26 Å². The lowest BCUT2D eigenvalue weighted by atomic mass is 10.1. The van der Waals surface area contributed by atoms with E-state index in [1.807, 2.05) is 0 Å². The van der Waals surface area contributed by atoms with Gasteiger partial charge in [0, 0.05) is 11.8 Å². The normalized spacial score (nSPS) is 18.3. The van der Waals surface area contributed by atoms with Gasteiger partial charge in [0.15, 0.2) is 0 Å². The van der Waals surface area contributed by atoms with Crippen molar-refractivity contribution in [3.63, 3.8) is 0 Å². The maximum atomic E-state index is 13.5. The van der Waals surface area contributed by atoms with E-state index in [0.29, 0.717) is 4.90 Å². The van der Waals surface area contributed by atoms with Crippen molar-refractivity contribution >= 4 is 22.6 Å². The van der Waals surface area contributed by atoms with Crippen molar-refractivity contribution in [3.05, 3.63) is 46.3 Å². The van der Waals surface area contributed by atoms with Crippen LogP contribution in [-0.4, -0.2) is 41.8 Å². The molecule has 2 heterocycles. The Bertz CT molecular complexity index is 1030. The minimum atomic E-state index is -3.17. The molecule has 140 valence electrons. The van der Waals surface area contributed by atoms with Crippen molar-refractivity contribution in [2.45, 2.75) is 18.4 Å². The van der Waals surface area contributed by atoms with E-state index in [2.05, 4.69) is 5.32 Å². The second-order valence-corrected chi connectivity index (χ2v) is 6.04. The summed E-state index contributed by atoms with van der Waals surface area (Å²) < 4.78 is 45.0. The van der Waals surface area contributed by atoms with Gasteiger partial charge < -0.3 is 14.6 Å². The predicted molar refractivity (Wildman–Crippen MR) is 85.5 cm³/mol. The fraction of sp³-hybridized carbons (Fsp3) is 0.294. The van der Waals surface area contributed by atoms with E-state index in [-0.39, 0.29) is 16.3 Å². The quantitative estimate of drug-likeness (QED) is 0.869. The maximum absolute atomic E-state index is 13.5. The first-order valence-corrected chi connectivity index (χ1v) is 7.78. The summed E-state index contributed by atoms with van der Waals surface area (Å²) in [6.45, 7) is -1.56. The molecule has 0 bridgehead atoms. The second-order valence-electron chi connectivity index (χ2n) is 6.04. The Labute approximate surface area is 150 Å². The summed E-state index contributed by atoms with van der Waals surface area (Å²) in [5.41, 5.74) is -0.964. The average Bonchev–Trinajstić information content (AvgIpc) is 2.94. The lowest BCUT2D eigenvalue weighted by Gasteiger charge is -2.19. The average molecular weight is 379 g/mol. The number of benzene rings is 1. The number of rotatable bonds is 3. The molecule has 1 aromatic carbocycles. The highest BCUT2D eigenvalue weighted by molar-refractivity contribution is 6.07. The Morgan fingerprint density at radius 2 is 2.11 bits per heavy atom. The van der Waals surface area contributed by atoms with E-state index >= 15 is 0 Å². The Morgan fingerprint density at radius 1 is 1.37 bits per heavy atom. The van der Waals surface area contributed by atoms with Crippen LogP contribution in [0.15, 0.2) is 33.7 Å².